The van der Waals surface area contributed by atoms with Gasteiger partial charge in [0.25, 0.3) is 0 Å². The van der Waals surface area contributed by atoms with E-state index in [4.69, 9.17) is 47.4 Å². The summed E-state index contributed by atoms with van der Waals surface area (Å²) in [6, 6.07) is 0. The molecule has 0 N–H and O–H groups in total. The molecule has 2 heterocycles. The molecular formula is C27H38O16. The number of carbonyl (C=O) groups is 6. The lowest BCUT2D eigenvalue weighted by Gasteiger charge is -2.48. The molecule has 10 atom stereocenters. The van der Waals surface area contributed by atoms with Crippen LogP contribution in [0.4, 0.5) is 0 Å². The molecule has 0 unspecified atom stereocenters. The molecule has 2 rings (SSSR count). The van der Waals surface area contributed by atoms with Crippen molar-refractivity contribution in [2.24, 2.45) is 0 Å². The van der Waals surface area contributed by atoms with E-state index in [0.29, 0.717) is 0 Å². The van der Waals surface area contributed by atoms with Gasteiger partial charge in [-0.3, -0.25) is 28.8 Å². The summed E-state index contributed by atoms with van der Waals surface area (Å²) in [5.41, 5.74) is 0. The molecule has 0 bridgehead atoms. The normalized spacial score (nSPS) is 32.0. The average Bonchev–Trinajstić information content (AvgIpc) is 2.88. The number of rotatable bonds is 12. The lowest BCUT2D eigenvalue weighted by Crippen LogP contribution is -2.66. The Balaban J connectivity index is 2.66. The van der Waals surface area contributed by atoms with Crippen LogP contribution in [0.1, 0.15) is 48.0 Å². The van der Waals surface area contributed by atoms with Crippen molar-refractivity contribution in [2.45, 2.75) is 109 Å². The van der Waals surface area contributed by atoms with Crippen molar-refractivity contribution >= 4 is 35.8 Å². The summed E-state index contributed by atoms with van der Waals surface area (Å²) in [5.74, 6) is -4.73. The lowest BCUT2D eigenvalue weighted by atomic mass is 9.94. The summed E-state index contributed by atoms with van der Waals surface area (Å²) in [7, 11) is 1.29. The Morgan fingerprint density at radius 2 is 1.00 bits per heavy atom. The number of ether oxygens (including phenoxy) is 10. The molecular weight excluding hydrogens is 580 g/mol. The van der Waals surface area contributed by atoms with E-state index >= 15 is 0 Å². The van der Waals surface area contributed by atoms with E-state index in [0.717, 1.165) is 41.5 Å². The fourth-order valence-corrected chi connectivity index (χ4v) is 4.68. The van der Waals surface area contributed by atoms with Crippen LogP contribution in [0.5, 0.6) is 0 Å². The highest BCUT2D eigenvalue weighted by Gasteiger charge is 2.57. The number of hydrogen-bond donors (Lipinski definition) is 0. The van der Waals surface area contributed by atoms with Crippen LogP contribution in [0.15, 0.2) is 12.7 Å². The van der Waals surface area contributed by atoms with Gasteiger partial charge < -0.3 is 47.4 Å². The van der Waals surface area contributed by atoms with Crippen molar-refractivity contribution in [3.05, 3.63) is 12.7 Å². The van der Waals surface area contributed by atoms with Crippen LogP contribution < -0.4 is 0 Å². The van der Waals surface area contributed by atoms with Gasteiger partial charge in [0.05, 0.1) is 6.10 Å². The molecule has 2 aliphatic rings. The number of methoxy groups -OCH3 is 1. The van der Waals surface area contributed by atoms with E-state index in [-0.39, 0.29) is 6.42 Å². The van der Waals surface area contributed by atoms with Gasteiger partial charge in [-0.15, -0.1) is 6.58 Å². The van der Waals surface area contributed by atoms with E-state index in [9.17, 15) is 28.8 Å². The van der Waals surface area contributed by atoms with Crippen molar-refractivity contribution in [3.8, 4) is 0 Å². The summed E-state index contributed by atoms with van der Waals surface area (Å²) in [5, 5.41) is 0. The van der Waals surface area contributed by atoms with Crippen molar-refractivity contribution in [3.63, 3.8) is 0 Å². The largest absolute Gasteiger partial charge is 0.463 e. The van der Waals surface area contributed by atoms with Crippen LogP contribution in [-0.2, 0) is 76.1 Å². The van der Waals surface area contributed by atoms with E-state index in [1.807, 2.05) is 0 Å². The van der Waals surface area contributed by atoms with Crippen molar-refractivity contribution in [1.29, 1.82) is 0 Å². The first kappa shape index (κ1) is 35.6. The molecule has 2 aliphatic heterocycles. The van der Waals surface area contributed by atoms with Crippen molar-refractivity contribution in [2.75, 3.05) is 13.7 Å². The fourth-order valence-electron chi connectivity index (χ4n) is 4.68. The van der Waals surface area contributed by atoms with Gasteiger partial charge in [-0.25, -0.2) is 0 Å². The Labute approximate surface area is 248 Å². The highest BCUT2D eigenvalue weighted by molar-refractivity contribution is 5.69. The Bertz CT molecular complexity index is 1040. The molecule has 0 aromatic carbocycles. The van der Waals surface area contributed by atoms with Crippen LogP contribution in [0.25, 0.3) is 0 Å². The second kappa shape index (κ2) is 16.3. The maximum Gasteiger partial charge on any atom is 0.303 e. The first-order valence-electron chi connectivity index (χ1n) is 13.3. The Morgan fingerprint density at radius 3 is 1.44 bits per heavy atom. The standard InChI is InChI=1S/C27H38O16/c1-9-10-18-20(22(37-14(4)30)24(39-16(6)32)26(34-8)41-18)43-27-25(40-17(7)33)23(38-15(5)31)21(36-13(3)29)19(42-27)11-35-12(2)28/h9,18-27H,1,10-11H2,2-8H3/t18-,19-,20-,21-,22+,23+,24-,25-,26-,27-/m1/s1. The van der Waals surface area contributed by atoms with Crippen molar-refractivity contribution in [1.82, 2.24) is 0 Å². The first-order chi connectivity index (χ1) is 20.2. The van der Waals surface area contributed by atoms with Crippen LogP contribution in [0, 0.1) is 0 Å². The van der Waals surface area contributed by atoms with Crippen molar-refractivity contribution < 1.29 is 76.1 Å². The summed E-state index contributed by atoms with van der Waals surface area (Å²) in [6.45, 7) is 9.82. The maximum atomic E-state index is 12.2. The SMILES string of the molecule is C=CC[C@H]1O[C@@H](OC)[C@H](OC(C)=O)[C@@H](OC(C)=O)[C@@H]1O[C@H]1O[C@H](COC(C)=O)[C@@H](OC(C)=O)[C@H](OC(C)=O)[C@H]1OC(C)=O. The van der Waals surface area contributed by atoms with E-state index in [1.165, 1.54) is 13.2 Å². The molecule has 0 aromatic heterocycles. The van der Waals surface area contributed by atoms with Gasteiger partial charge in [0.1, 0.15) is 18.8 Å². The van der Waals surface area contributed by atoms with Crippen LogP contribution in [0.3, 0.4) is 0 Å². The molecule has 0 radical (unpaired) electrons. The smallest absolute Gasteiger partial charge is 0.303 e. The van der Waals surface area contributed by atoms with Gasteiger partial charge in [-0.05, 0) is 6.42 Å². The van der Waals surface area contributed by atoms with Gasteiger partial charge in [-0.2, -0.15) is 0 Å². The zero-order valence-electron chi connectivity index (χ0n) is 25.0. The van der Waals surface area contributed by atoms with Gasteiger partial charge in [-0.1, -0.05) is 6.08 Å². The second-order valence-electron chi connectivity index (χ2n) is 9.62. The molecule has 0 aliphatic carbocycles. The quantitative estimate of drug-likeness (QED) is 0.164. The maximum absolute atomic E-state index is 12.2. The van der Waals surface area contributed by atoms with Gasteiger partial charge >= 0.3 is 35.8 Å². The predicted molar refractivity (Wildman–Crippen MR) is 138 cm³/mol. The Kier molecular flexibility index (Phi) is 13.5. The van der Waals surface area contributed by atoms with E-state index < -0.39 is 104 Å². The number of esters is 6. The monoisotopic (exact) mass is 618 g/mol. The van der Waals surface area contributed by atoms with Gasteiger partial charge in [0, 0.05) is 48.7 Å². The molecule has 16 heteroatoms. The topological polar surface area (TPSA) is 195 Å². The van der Waals surface area contributed by atoms with E-state index in [1.54, 1.807) is 0 Å². The molecule has 0 spiro atoms. The summed E-state index contributed by atoms with van der Waals surface area (Å²) < 4.78 is 55.8. The Morgan fingerprint density at radius 1 is 0.581 bits per heavy atom. The van der Waals surface area contributed by atoms with Crippen LogP contribution >= 0.6 is 0 Å². The molecule has 0 amide bonds. The molecule has 242 valence electrons. The van der Waals surface area contributed by atoms with Crippen LogP contribution in [-0.4, -0.2) is 111 Å². The summed E-state index contributed by atoms with van der Waals surface area (Å²) in [4.78, 5) is 72.2. The third kappa shape index (κ3) is 10.3. The first-order valence-corrected chi connectivity index (χ1v) is 13.3. The molecule has 2 fully saturated rings. The minimum absolute atomic E-state index is 0.0976. The second-order valence-corrected chi connectivity index (χ2v) is 9.62. The Hall–Kier alpha value is -3.60. The molecule has 0 saturated carbocycles. The zero-order chi connectivity index (χ0) is 32.4. The van der Waals surface area contributed by atoms with Gasteiger partial charge in [0.15, 0.2) is 43.1 Å². The molecule has 43 heavy (non-hydrogen) atoms. The highest BCUT2D eigenvalue weighted by atomic mass is 16.8. The fraction of sp³-hybridized carbons (Fsp3) is 0.704. The zero-order valence-corrected chi connectivity index (χ0v) is 25.0. The van der Waals surface area contributed by atoms with Crippen LogP contribution in [0.2, 0.25) is 0 Å². The summed E-state index contributed by atoms with van der Waals surface area (Å²) >= 11 is 0. The lowest BCUT2D eigenvalue weighted by molar-refractivity contribution is -0.356. The summed E-state index contributed by atoms with van der Waals surface area (Å²) in [6.07, 6.45) is -12.1. The molecule has 0 aromatic rings. The number of carbonyl (C=O) groups excluding carboxylic acids is 6. The molecule has 2 saturated heterocycles. The third-order valence-electron chi connectivity index (χ3n) is 6.07. The minimum Gasteiger partial charge on any atom is -0.463 e. The van der Waals surface area contributed by atoms with Gasteiger partial charge in [0.2, 0.25) is 0 Å². The third-order valence-corrected chi connectivity index (χ3v) is 6.07. The molecule has 16 nitrogen and oxygen atoms in total. The average molecular weight is 619 g/mol. The number of hydrogen-bond acceptors (Lipinski definition) is 16. The predicted octanol–water partition coefficient (Wildman–Crippen LogP) is 0.266. The minimum atomic E-state index is -1.64. The highest BCUT2D eigenvalue weighted by Crippen LogP contribution is 2.36. The van der Waals surface area contributed by atoms with E-state index in [2.05, 4.69) is 6.58 Å².